The van der Waals surface area contributed by atoms with Crippen LogP contribution in [0.1, 0.15) is 18.5 Å². The number of carboxylic acid groups (broad SMARTS) is 2. The monoisotopic (exact) mass is 534 g/mol. The van der Waals surface area contributed by atoms with Gasteiger partial charge in [0.1, 0.15) is 15.4 Å². The minimum absolute atomic E-state index is 0.0181. The summed E-state index contributed by atoms with van der Waals surface area (Å²) < 4.78 is 17.8. The van der Waals surface area contributed by atoms with Gasteiger partial charge in [-0.3, -0.25) is 23.5 Å². The number of carboxylic acids is 2. The largest absolute Gasteiger partial charge is 0.479 e. The highest BCUT2D eigenvalue weighted by Gasteiger charge is 2.72. The molecule has 4 heterocycles. The lowest BCUT2D eigenvalue weighted by Gasteiger charge is -2.56. The fraction of sp³-hybridized carbons (Fsp3) is 0.471. The smallest absolute Gasteiger partial charge is 0.370 e. The van der Waals surface area contributed by atoms with Crippen molar-refractivity contribution in [1.29, 1.82) is 0 Å². The van der Waals surface area contributed by atoms with E-state index < -0.39 is 82.1 Å². The third kappa shape index (κ3) is 3.70. The molecule has 0 aromatic carbocycles. The molecule has 14 nitrogen and oxygen atoms in total. The lowest BCUT2D eigenvalue weighted by atomic mass is 9.84. The van der Waals surface area contributed by atoms with E-state index in [0.29, 0.717) is 0 Å². The summed E-state index contributed by atoms with van der Waals surface area (Å²) in [4.78, 5) is 69.8. The van der Waals surface area contributed by atoms with Crippen molar-refractivity contribution in [2.75, 3.05) is 18.1 Å². The van der Waals surface area contributed by atoms with Gasteiger partial charge in [-0.15, -0.1) is 0 Å². The fourth-order valence-electron chi connectivity index (χ4n) is 4.18. The average molecular weight is 535 g/mol. The molecule has 17 heteroatoms. The van der Waals surface area contributed by atoms with Crippen molar-refractivity contribution >= 4 is 74.2 Å². The number of β-lactam (4-membered cyclic amide) rings is 1. The van der Waals surface area contributed by atoms with Crippen LogP contribution in [0.25, 0.3) is 0 Å². The van der Waals surface area contributed by atoms with Crippen LogP contribution in [-0.4, -0.2) is 83.1 Å². The number of esters is 1. The van der Waals surface area contributed by atoms with E-state index in [1.807, 2.05) is 0 Å². The molecule has 0 spiro atoms. The number of amides is 1. The molecular weight excluding hydrogens is 520 g/mol. The first-order chi connectivity index (χ1) is 16.0. The first kappa shape index (κ1) is 24.0. The van der Waals surface area contributed by atoms with Crippen molar-refractivity contribution in [3.8, 4) is 0 Å². The van der Waals surface area contributed by atoms with Crippen LogP contribution < -0.4 is 5.73 Å². The average Bonchev–Trinajstić information content (AvgIpc) is 3.25. The molecule has 4 rings (SSSR count). The number of Topliss-reactive ketones (excluding diaryl/α,β-unsaturated/α-hetero) is 1. The second-order valence-corrected chi connectivity index (χ2v) is 10.7. The minimum atomic E-state index is -2.28. The summed E-state index contributed by atoms with van der Waals surface area (Å²) in [6, 6.07) is 0. The number of anilines is 1. The van der Waals surface area contributed by atoms with E-state index >= 15 is 0 Å². The van der Waals surface area contributed by atoms with Crippen molar-refractivity contribution in [2.45, 2.75) is 23.9 Å². The van der Waals surface area contributed by atoms with Gasteiger partial charge in [0.25, 0.3) is 5.72 Å². The van der Waals surface area contributed by atoms with Gasteiger partial charge in [-0.05, 0) is 0 Å². The number of hydrogen-bond acceptors (Lipinski definition) is 12. The van der Waals surface area contributed by atoms with Crippen LogP contribution in [0.3, 0.4) is 0 Å². The van der Waals surface area contributed by atoms with Gasteiger partial charge in [-0.1, -0.05) is 28.1 Å². The third-order valence-electron chi connectivity index (χ3n) is 5.53. The number of hydrogen-bond donors (Lipinski definition) is 3. The van der Waals surface area contributed by atoms with Gasteiger partial charge in [-0.25, -0.2) is 14.6 Å². The number of nitrogens with zero attached hydrogens (tertiary/aromatic N) is 3. The van der Waals surface area contributed by atoms with E-state index in [4.69, 9.17) is 27.2 Å². The minimum Gasteiger partial charge on any atom is -0.479 e. The Kier molecular flexibility index (Phi) is 6.07. The van der Waals surface area contributed by atoms with Crippen LogP contribution in [0.5, 0.6) is 0 Å². The molecule has 0 radical (unpaired) electrons. The van der Waals surface area contributed by atoms with Gasteiger partial charge in [0.2, 0.25) is 12.5 Å². The zero-order valence-corrected chi connectivity index (χ0v) is 19.2. The Bertz CT molecular complexity index is 1190. The van der Waals surface area contributed by atoms with Crippen LogP contribution in [0.2, 0.25) is 4.34 Å². The number of nitrogen functional groups attached to an aromatic ring is 1. The summed E-state index contributed by atoms with van der Waals surface area (Å²) in [6.07, 6.45) is -0.900. The molecule has 1 aromatic rings. The Hall–Kier alpha value is -3.11. The number of fused-ring (bicyclic) bond motifs is 3. The fourth-order valence-corrected chi connectivity index (χ4v) is 7.12. The standard InChI is InChI=1S/C17H15ClN4O10S2/c18-12-11(20-16(19)33-12)10(21-31-3-8(24)25)7(23)2-6-13(27)22-14(6)34(30)4-5-1-9(26)32-17(5,22)15(28)29/h5-6,14H,1-4H2,(H2,19,20)(H,24,25)(H,28,29)/b21-10+/t5-,6+,14+,17+,34+/m0/s1. The van der Waals surface area contributed by atoms with E-state index in [1.165, 1.54) is 0 Å². The molecule has 5 atom stereocenters. The maximum absolute atomic E-state index is 13.0. The number of thiazole rings is 1. The summed E-state index contributed by atoms with van der Waals surface area (Å²) in [7, 11) is -1.78. The van der Waals surface area contributed by atoms with E-state index in [0.717, 1.165) is 16.2 Å². The van der Waals surface area contributed by atoms with Crippen molar-refractivity contribution < 1.29 is 48.0 Å². The molecule has 0 bridgehead atoms. The number of aliphatic carboxylic acids is 2. The summed E-state index contributed by atoms with van der Waals surface area (Å²) >= 11 is 6.85. The first-order valence-corrected chi connectivity index (χ1v) is 12.1. The Morgan fingerprint density at radius 1 is 1.38 bits per heavy atom. The molecule has 0 unspecified atom stereocenters. The normalized spacial score (nSPS) is 30.1. The lowest BCUT2D eigenvalue weighted by Crippen LogP contribution is -2.78. The predicted octanol–water partition coefficient (Wildman–Crippen LogP) is -0.966. The SMILES string of the molecule is Nc1nc(/C(=N/OCC(=O)O)C(=O)C[C@@H]2C(=O)N3[C@@H]2[S@](=O)C[C@@H]2CC(=O)O[C@@]23C(=O)O)c(Cl)s1. The summed E-state index contributed by atoms with van der Waals surface area (Å²) in [6.45, 7) is -0.884. The molecule has 0 aliphatic carbocycles. The molecule has 1 aromatic heterocycles. The number of carbonyl (C=O) groups is 5. The number of ether oxygens (including phenoxy) is 1. The predicted molar refractivity (Wildman–Crippen MR) is 113 cm³/mol. The second-order valence-electron chi connectivity index (χ2n) is 7.54. The number of aromatic nitrogens is 1. The maximum atomic E-state index is 13.0. The van der Waals surface area contributed by atoms with Crippen LogP contribution in [0.4, 0.5) is 5.13 Å². The molecule has 4 N–H and O–H groups in total. The van der Waals surface area contributed by atoms with Crippen molar-refractivity contribution in [2.24, 2.45) is 17.0 Å². The second kappa shape index (κ2) is 8.59. The molecular formula is C17H15ClN4O10S2. The Balaban J connectivity index is 1.61. The van der Waals surface area contributed by atoms with Crippen LogP contribution in [0.15, 0.2) is 5.16 Å². The molecule has 0 saturated carbocycles. The summed E-state index contributed by atoms with van der Waals surface area (Å²) in [5.41, 5.74) is 2.61. The van der Waals surface area contributed by atoms with E-state index in [9.17, 15) is 33.3 Å². The molecule has 1 amide bonds. The number of carbonyl (C=O) groups excluding carboxylic acids is 3. The van der Waals surface area contributed by atoms with Crippen molar-refractivity contribution in [3.05, 3.63) is 10.0 Å². The number of ketones is 1. The van der Waals surface area contributed by atoms with E-state index in [1.54, 1.807) is 0 Å². The molecule has 3 aliphatic rings. The number of rotatable bonds is 8. The van der Waals surface area contributed by atoms with Crippen LogP contribution in [0, 0.1) is 11.8 Å². The van der Waals surface area contributed by atoms with Gasteiger partial charge in [0.05, 0.1) is 18.3 Å². The zero-order valence-electron chi connectivity index (χ0n) is 16.8. The lowest BCUT2D eigenvalue weighted by molar-refractivity contribution is -0.220. The van der Waals surface area contributed by atoms with E-state index in [2.05, 4.69) is 15.0 Å². The van der Waals surface area contributed by atoms with E-state index in [-0.39, 0.29) is 27.3 Å². The summed E-state index contributed by atoms with van der Waals surface area (Å²) in [5.74, 6) is -7.91. The van der Waals surface area contributed by atoms with Crippen molar-refractivity contribution in [1.82, 2.24) is 9.88 Å². The highest BCUT2D eigenvalue weighted by molar-refractivity contribution is 7.85. The summed E-state index contributed by atoms with van der Waals surface area (Å²) in [5, 5.41) is 20.8. The molecule has 182 valence electrons. The van der Waals surface area contributed by atoms with Crippen LogP contribution in [-0.2, 0) is 44.3 Å². The molecule has 3 saturated heterocycles. The number of halogens is 1. The van der Waals surface area contributed by atoms with Gasteiger partial charge in [0, 0.05) is 23.0 Å². The number of nitrogens with two attached hydrogens (primary N) is 1. The molecule has 34 heavy (non-hydrogen) atoms. The maximum Gasteiger partial charge on any atom is 0.370 e. The Labute approximate surface area is 201 Å². The Morgan fingerprint density at radius 2 is 2.09 bits per heavy atom. The Morgan fingerprint density at radius 3 is 2.68 bits per heavy atom. The van der Waals surface area contributed by atoms with Crippen LogP contribution >= 0.6 is 22.9 Å². The molecule has 3 fully saturated rings. The van der Waals surface area contributed by atoms with Gasteiger partial charge in [0.15, 0.2) is 16.6 Å². The van der Waals surface area contributed by atoms with Gasteiger partial charge in [-0.2, -0.15) is 0 Å². The quantitative estimate of drug-likeness (QED) is 0.159. The zero-order chi connectivity index (χ0) is 24.9. The first-order valence-electron chi connectivity index (χ1n) is 9.50. The highest BCUT2D eigenvalue weighted by atomic mass is 35.5. The molecule has 3 aliphatic heterocycles. The van der Waals surface area contributed by atoms with Crippen molar-refractivity contribution in [3.63, 3.8) is 0 Å². The topological polar surface area (TPSA) is 216 Å². The van der Waals surface area contributed by atoms with Gasteiger partial charge >= 0.3 is 17.9 Å². The highest BCUT2D eigenvalue weighted by Crippen LogP contribution is 2.50. The number of oxime groups is 1. The van der Waals surface area contributed by atoms with Gasteiger partial charge < -0.3 is 25.5 Å². The third-order valence-corrected chi connectivity index (χ3v) is 8.42.